The Morgan fingerprint density at radius 2 is 1.55 bits per heavy atom. The molecule has 1 aliphatic rings. The molecule has 168 valence electrons. The second-order valence-electron chi connectivity index (χ2n) is 9.63. The molecule has 3 rings (SSSR count). The van der Waals surface area contributed by atoms with Crippen LogP contribution in [0.2, 0.25) is 0 Å². The fourth-order valence-electron chi connectivity index (χ4n) is 4.31. The van der Waals surface area contributed by atoms with Gasteiger partial charge in [0.1, 0.15) is 5.75 Å². The van der Waals surface area contributed by atoms with E-state index >= 15 is 0 Å². The molecule has 1 N–H and O–H groups in total. The van der Waals surface area contributed by atoms with Crippen molar-refractivity contribution >= 4 is 11.9 Å². The van der Waals surface area contributed by atoms with Crippen LogP contribution in [0.1, 0.15) is 57.2 Å². The first-order chi connectivity index (χ1) is 14.2. The highest BCUT2D eigenvalue weighted by atomic mass is 19.4. The van der Waals surface area contributed by atoms with Gasteiger partial charge >= 0.3 is 6.36 Å². The van der Waals surface area contributed by atoms with E-state index in [1.165, 1.54) is 23.9 Å². The molecule has 0 saturated heterocycles. The molecule has 0 atom stereocenters. The van der Waals surface area contributed by atoms with Crippen LogP contribution < -0.4 is 9.64 Å². The average Bonchev–Trinajstić information content (AvgIpc) is 2.65. The zero-order valence-electron chi connectivity index (χ0n) is 18.8. The van der Waals surface area contributed by atoms with Crippen LogP contribution >= 0.6 is 0 Å². The van der Waals surface area contributed by atoms with E-state index < -0.39 is 6.36 Å². The maximum Gasteiger partial charge on any atom is 0.573 e. The molecule has 0 saturated carbocycles. The van der Waals surface area contributed by atoms with Crippen molar-refractivity contribution in [3.8, 4) is 16.9 Å². The molecule has 0 radical (unpaired) electrons. The molecule has 1 aliphatic carbocycles. The Kier molecular flexibility index (Phi) is 5.76. The lowest BCUT2D eigenvalue weighted by molar-refractivity contribution is -0.274. The second kappa shape index (κ2) is 7.77. The van der Waals surface area contributed by atoms with Gasteiger partial charge in [-0.1, -0.05) is 32.9 Å². The first-order valence-electron chi connectivity index (χ1n) is 10.2. The summed E-state index contributed by atoms with van der Waals surface area (Å²) in [5.74, 6) is -0.293. The Balaban J connectivity index is 2.35. The Morgan fingerprint density at radius 3 is 2.06 bits per heavy atom. The van der Waals surface area contributed by atoms with Crippen molar-refractivity contribution in [2.24, 2.45) is 5.16 Å². The van der Waals surface area contributed by atoms with E-state index in [9.17, 15) is 13.2 Å². The first kappa shape index (κ1) is 23.0. The Labute approximate surface area is 181 Å². The summed E-state index contributed by atoms with van der Waals surface area (Å²) in [5.41, 5.74) is 4.39. The molecular weight excluding hydrogens is 405 g/mol. The van der Waals surface area contributed by atoms with Crippen molar-refractivity contribution in [2.75, 3.05) is 19.0 Å². The van der Waals surface area contributed by atoms with Gasteiger partial charge in [0, 0.05) is 30.9 Å². The number of oxime groups is 1. The van der Waals surface area contributed by atoms with Gasteiger partial charge in [-0.05, 0) is 70.7 Å². The molecule has 0 aromatic heterocycles. The van der Waals surface area contributed by atoms with E-state index in [1.807, 2.05) is 25.1 Å². The number of hydrogen-bond donors (Lipinski definition) is 1. The van der Waals surface area contributed by atoms with Crippen LogP contribution in [-0.4, -0.2) is 31.9 Å². The Bertz CT molecular complexity index is 1010. The highest BCUT2D eigenvalue weighted by Crippen LogP contribution is 2.50. The molecule has 0 fully saturated rings. The van der Waals surface area contributed by atoms with Crippen LogP contribution in [0.25, 0.3) is 11.1 Å². The number of hydrogen-bond acceptors (Lipinski definition) is 4. The van der Waals surface area contributed by atoms with E-state index in [4.69, 9.17) is 5.21 Å². The number of nitrogens with zero attached hydrogens (tertiary/aromatic N) is 2. The van der Waals surface area contributed by atoms with Gasteiger partial charge in [-0.15, -0.1) is 13.2 Å². The van der Waals surface area contributed by atoms with E-state index in [1.54, 1.807) is 6.07 Å². The zero-order valence-corrected chi connectivity index (χ0v) is 18.8. The van der Waals surface area contributed by atoms with Gasteiger partial charge in [0.05, 0.1) is 6.21 Å². The zero-order chi connectivity index (χ0) is 23.2. The van der Waals surface area contributed by atoms with Crippen molar-refractivity contribution in [3.05, 3.63) is 47.0 Å². The van der Waals surface area contributed by atoms with E-state index in [0.717, 1.165) is 24.1 Å². The standard InChI is InChI=1S/C24H29F3N2O2/c1-22(2)9-10-23(3,4)19-13-20(29(5)6)16(12-18(19)22)17-11-15(14-28-30)7-8-21(17)31-24(25,26)27/h7-8,11-14,30H,9-10H2,1-6H3. The molecule has 0 aliphatic heterocycles. The van der Waals surface area contributed by atoms with E-state index in [0.29, 0.717) is 16.7 Å². The largest absolute Gasteiger partial charge is 0.573 e. The van der Waals surface area contributed by atoms with Gasteiger partial charge in [-0.2, -0.15) is 0 Å². The molecule has 0 unspecified atom stereocenters. The molecular formula is C24H29F3N2O2. The van der Waals surface area contributed by atoms with Crippen LogP contribution in [0.4, 0.5) is 18.9 Å². The molecule has 2 aromatic rings. The third kappa shape index (κ3) is 4.65. The summed E-state index contributed by atoms with van der Waals surface area (Å²) < 4.78 is 43.8. The normalized spacial score (nSPS) is 17.5. The third-order valence-electron chi connectivity index (χ3n) is 6.18. The van der Waals surface area contributed by atoms with Gasteiger partial charge in [-0.25, -0.2) is 0 Å². The number of benzene rings is 2. The maximum atomic E-state index is 13.1. The summed E-state index contributed by atoms with van der Waals surface area (Å²) in [4.78, 5) is 1.90. The second-order valence-corrected chi connectivity index (χ2v) is 9.63. The van der Waals surface area contributed by atoms with Gasteiger partial charge in [0.25, 0.3) is 0 Å². The minimum Gasteiger partial charge on any atom is -0.411 e. The smallest absolute Gasteiger partial charge is 0.411 e. The number of rotatable bonds is 4. The summed E-state index contributed by atoms with van der Waals surface area (Å²) in [6.45, 7) is 8.75. The number of halogens is 3. The highest BCUT2D eigenvalue weighted by molar-refractivity contribution is 5.89. The number of alkyl halides is 3. The predicted octanol–water partition coefficient (Wildman–Crippen LogP) is 6.48. The lowest BCUT2D eigenvalue weighted by atomic mass is 9.62. The maximum absolute atomic E-state index is 13.1. The third-order valence-corrected chi connectivity index (χ3v) is 6.18. The van der Waals surface area contributed by atoms with Crippen LogP contribution in [0.15, 0.2) is 35.5 Å². The van der Waals surface area contributed by atoms with Crippen LogP contribution in [0.5, 0.6) is 5.75 Å². The topological polar surface area (TPSA) is 45.1 Å². The van der Waals surface area contributed by atoms with E-state index in [-0.39, 0.29) is 16.6 Å². The predicted molar refractivity (Wildman–Crippen MR) is 118 cm³/mol. The van der Waals surface area contributed by atoms with Gasteiger partial charge in [0.15, 0.2) is 0 Å². The number of fused-ring (bicyclic) bond motifs is 1. The molecule has 7 heteroatoms. The Morgan fingerprint density at radius 1 is 0.968 bits per heavy atom. The molecule has 4 nitrogen and oxygen atoms in total. The first-order valence-corrected chi connectivity index (χ1v) is 10.2. The van der Waals surface area contributed by atoms with Gasteiger partial charge in [-0.3, -0.25) is 0 Å². The van der Waals surface area contributed by atoms with Crippen molar-refractivity contribution in [1.82, 2.24) is 0 Å². The molecule has 0 amide bonds. The number of anilines is 1. The van der Waals surface area contributed by atoms with Crippen molar-refractivity contribution in [1.29, 1.82) is 0 Å². The lowest BCUT2D eigenvalue weighted by Crippen LogP contribution is -2.34. The molecule has 0 bridgehead atoms. The quantitative estimate of drug-likeness (QED) is 0.341. The monoisotopic (exact) mass is 434 g/mol. The van der Waals surface area contributed by atoms with Crippen LogP contribution in [0.3, 0.4) is 0 Å². The Hall–Kier alpha value is -2.70. The summed E-state index contributed by atoms with van der Waals surface area (Å²) in [6, 6.07) is 8.33. The minimum atomic E-state index is -4.82. The van der Waals surface area contributed by atoms with Gasteiger partial charge < -0.3 is 14.8 Å². The van der Waals surface area contributed by atoms with Crippen molar-refractivity contribution in [3.63, 3.8) is 0 Å². The fourth-order valence-corrected chi connectivity index (χ4v) is 4.31. The van der Waals surface area contributed by atoms with Gasteiger partial charge in [0.2, 0.25) is 0 Å². The molecule has 0 heterocycles. The van der Waals surface area contributed by atoms with Crippen LogP contribution in [0, 0.1) is 0 Å². The molecule has 2 aromatic carbocycles. The lowest BCUT2D eigenvalue weighted by Gasteiger charge is -2.43. The fraction of sp³-hybridized carbons (Fsp3) is 0.458. The van der Waals surface area contributed by atoms with Crippen molar-refractivity contribution in [2.45, 2.75) is 57.7 Å². The van der Waals surface area contributed by atoms with Crippen molar-refractivity contribution < 1.29 is 23.1 Å². The SMILES string of the molecule is CN(C)c1cc2c(cc1-c1cc(C=NO)ccc1OC(F)(F)F)C(C)(C)CCC2(C)C. The highest BCUT2D eigenvalue weighted by Gasteiger charge is 2.38. The van der Waals surface area contributed by atoms with E-state index in [2.05, 4.69) is 43.7 Å². The molecule has 31 heavy (non-hydrogen) atoms. The summed E-state index contributed by atoms with van der Waals surface area (Å²) in [7, 11) is 3.74. The van der Waals surface area contributed by atoms with Crippen LogP contribution in [-0.2, 0) is 10.8 Å². The summed E-state index contributed by atoms with van der Waals surface area (Å²) >= 11 is 0. The molecule has 0 spiro atoms. The summed E-state index contributed by atoms with van der Waals surface area (Å²) in [6.07, 6.45) is -1.63. The number of ether oxygens (including phenoxy) is 1. The minimum absolute atomic E-state index is 0.0369. The average molecular weight is 435 g/mol. The summed E-state index contributed by atoms with van der Waals surface area (Å²) in [5, 5.41) is 11.9.